The Kier molecular flexibility index (Phi) is 6.36. The highest BCUT2D eigenvalue weighted by Crippen LogP contribution is 2.15. The van der Waals surface area contributed by atoms with Crippen LogP contribution in [0.4, 0.5) is 0 Å². The molecule has 1 rings (SSSR count). The Morgan fingerprint density at radius 3 is 2.52 bits per heavy atom. The number of carbonyl (C=O) groups excluding carboxylic acids is 2. The van der Waals surface area contributed by atoms with Crippen molar-refractivity contribution in [3.63, 3.8) is 0 Å². The highest BCUT2D eigenvalue weighted by atomic mass is 79.9. The third kappa shape index (κ3) is 7.24. The summed E-state index contributed by atoms with van der Waals surface area (Å²) in [4.78, 5) is 23.2. The summed E-state index contributed by atoms with van der Waals surface area (Å²) >= 11 is 3.39. The molecular weight excluding hydrogens is 336 g/mol. The number of amides is 1. The van der Waals surface area contributed by atoms with Gasteiger partial charge in [-0.25, -0.2) is 5.43 Å². The first-order chi connectivity index (χ1) is 9.67. The van der Waals surface area contributed by atoms with Gasteiger partial charge in [-0.05, 0) is 38.5 Å². The first-order valence-corrected chi connectivity index (χ1v) is 7.46. The van der Waals surface area contributed by atoms with E-state index in [1.54, 1.807) is 20.8 Å². The van der Waals surface area contributed by atoms with Gasteiger partial charge in [0.1, 0.15) is 11.6 Å². The van der Waals surface area contributed by atoms with E-state index in [0.29, 0.717) is 6.42 Å². The van der Waals surface area contributed by atoms with Crippen LogP contribution in [0.1, 0.15) is 33.3 Å². The van der Waals surface area contributed by atoms with Crippen LogP contribution in [-0.4, -0.2) is 23.5 Å². The standard InChI is InChI=1S/C15H21BrN2O3/c1-10(19)17-18-13(14(20)21-15(2,3)4)9-11-6-5-7-12(16)8-11/h5-8,13,18H,9H2,1-4H3,(H,17,19)/t13-/m0/s1. The van der Waals surface area contributed by atoms with Gasteiger partial charge in [-0.3, -0.25) is 15.0 Å². The summed E-state index contributed by atoms with van der Waals surface area (Å²) in [5, 5.41) is 0. The summed E-state index contributed by atoms with van der Waals surface area (Å²) in [6.07, 6.45) is 0.411. The van der Waals surface area contributed by atoms with Crippen molar-refractivity contribution in [3.05, 3.63) is 34.3 Å². The van der Waals surface area contributed by atoms with E-state index in [4.69, 9.17) is 4.74 Å². The third-order valence-corrected chi connectivity index (χ3v) is 2.94. The average molecular weight is 357 g/mol. The number of carbonyl (C=O) groups is 2. The maximum Gasteiger partial charge on any atom is 0.325 e. The smallest absolute Gasteiger partial charge is 0.325 e. The van der Waals surface area contributed by atoms with E-state index in [1.165, 1.54) is 6.92 Å². The summed E-state index contributed by atoms with van der Waals surface area (Å²) in [6.45, 7) is 6.79. The minimum atomic E-state index is -0.651. The van der Waals surface area contributed by atoms with Crippen LogP contribution in [0.5, 0.6) is 0 Å². The summed E-state index contributed by atoms with van der Waals surface area (Å²) < 4.78 is 6.30. The van der Waals surface area contributed by atoms with Crippen molar-refractivity contribution >= 4 is 27.8 Å². The maximum absolute atomic E-state index is 12.2. The molecule has 0 saturated heterocycles. The SMILES string of the molecule is CC(=O)NN[C@@H](Cc1cccc(Br)c1)C(=O)OC(C)(C)C. The molecule has 116 valence electrons. The number of halogens is 1. The Morgan fingerprint density at radius 2 is 2.00 bits per heavy atom. The molecular formula is C15H21BrN2O3. The number of hydrogen-bond donors (Lipinski definition) is 2. The van der Waals surface area contributed by atoms with Gasteiger partial charge in [0.15, 0.2) is 0 Å². The Morgan fingerprint density at radius 1 is 1.33 bits per heavy atom. The van der Waals surface area contributed by atoms with Gasteiger partial charge in [0, 0.05) is 17.8 Å². The average Bonchev–Trinajstić information content (AvgIpc) is 2.32. The van der Waals surface area contributed by atoms with Crippen molar-refractivity contribution in [1.29, 1.82) is 0 Å². The van der Waals surface area contributed by atoms with E-state index in [2.05, 4.69) is 26.8 Å². The molecule has 5 nitrogen and oxygen atoms in total. The molecule has 0 fully saturated rings. The zero-order valence-corrected chi connectivity index (χ0v) is 14.3. The number of nitrogens with one attached hydrogen (secondary N) is 2. The first kappa shape index (κ1) is 17.7. The lowest BCUT2D eigenvalue weighted by Crippen LogP contribution is -2.50. The monoisotopic (exact) mass is 356 g/mol. The predicted molar refractivity (Wildman–Crippen MR) is 84.4 cm³/mol. The van der Waals surface area contributed by atoms with Gasteiger partial charge in [0.2, 0.25) is 5.91 Å². The molecule has 1 aromatic rings. The van der Waals surface area contributed by atoms with Gasteiger partial charge in [-0.15, -0.1) is 0 Å². The zero-order valence-electron chi connectivity index (χ0n) is 12.7. The quantitative estimate of drug-likeness (QED) is 0.627. The molecule has 1 atom stereocenters. The van der Waals surface area contributed by atoms with Crippen LogP contribution < -0.4 is 10.9 Å². The second-order valence-electron chi connectivity index (χ2n) is 5.75. The molecule has 21 heavy (non-hydrogen) atoms. The van der Waals surface area contributed by atoms with Gasteiger partial charge in [0.25, 0.3) is 0 Å². The van der Waals surface area contributed by atoms with Gasteiger partial charge in [-0.2, -0.15) is 0 Å². The fourth-order valence-electron chi connectivity index (χ4n) is 1.65. The summed E-state index contributed by atoms with van der Waals surface area (Å²) in [5.41, 5.74) is 5.54. The molecule has 0 unspecified atom stereocenters. The van der Waals surface area contributed by atoms with E-state index in [1.807, 2.05) is 24.3 Å². The number of esters is 1. The van der Waals surface area contributed by atoms with Crippen molar-refractivity contribution < 1.29 is 14.3 Å². The van der Waals surface area contributed by atoms with E-state index in [9.17, 15) is 9.59 Å². The van der Waals surface area contributed by atoms with Crippen molar-refractivity contribution in [3.8, 4) is 0 Å². The fraction of sp³-hybridized carbons (Fsp3) is 0.467. The van der Waals surface area contributed by atoms with Crippen LogP contribution in [-0.2, 0) is 20.7 Å². The number of benzene rings is 1. The second-order valence-corrected chi connectivity index (χ2v) is 6.66. The second kappa shape index (κ2) is 7.56. The Balaban J connectivity index is 2.81. The van der Waals surface area contributed by atoms with E-state index in [0.717, 1.165) is 10.0 Å². The highest BCUT2D eigenvalue weighted by Gasteiger charge is 2.25. The Bertz CT molecular complexity index is 512. The Hall–Kier alpha value is -1.40. The summed E-state index contributed by atoms with van der Waals surface area (Å²) in [5.74, 6) is -0.672. The van der Waals surface area contributed by atoms with Gasteiger partial charge < -0.3 is 4.74 Å². The van der Waals surface area contributed by atoms with Gasteiger partial charge >= 0.3 is 5.97 Å². The summed E-state index contributed by atoms with van der Waals surface area (Å²) in [7, 11) is 0. The van der Waals surface area contributed by atoms with Gasteiger partial charge in [0.05, 0.1) is 0 Å². The van der Waals surface area contributed by atoms with Crippen LogP contribution in [0, 0.1) is 0 Å². The van der Waals surface area contributed by atoms with Crippen LogP contribution in [0.15, 0.2) is 28.7 Å². The zero-order chi connectivity index (χ0) is 16.0. The largest absolute Gasteiger partial charge is 0.459 e. The number of hydrogen-bond acceptors (Lipinski definition) is 4. The lowest BCUT2D eigenvalue weighted by Gasteiger charge is -2.24. The van der Waals surface area contributed by atoms with E-state index < -0.39 is 17.6 Å². The van der Waals surface area contributed by atoms with Crippen molar-refractivity contribution in [2.75, 3.05) is 0 Å². The molecule has 6 heteroatoms. The van der Waals surface area contributed by atoms with Crippen LogP contribution >= 0.6 is 15.9 Å². The number of rotatable bonds is 5. The molecule has 0 aliphatic carbocycles. The van der Waals surface area contributed by atoms with Crippen molar-refractivity contribution in [2.24, 2.45) is 0 Å². The number of hydrazine groups is 1. The van der Waals surface area contributed by atoms with Crippen LogP contribution in [0.25, 0.3) is 0 Å². The predicted octanol–water partition coefficient (Wildman–Crippen LogP) is 2.34. The molecule has 0 spiro atoms. The maximum atomic E-state index is 12.2. The molecule has 0 aliphatic rings. The lowest BCUT2D eigenvalue weighted by molar-refractivity contribution is -0.157. The topological polar surface area (TPSA) is 67.4 Å². The molecule has 0 aromatic heterocycles. The molecule has 0 heterocycles. The molecule has 2 N–H and O–H groups in total. The van der Waals surface area contributed by atoms with E-state index >= 15 is 0 Å². The summed E-state index contributed by atoms with van der Waals surface area (Å²) in [6, 6.07) is 6.99. The lowest BCUT2D eigenvalue weighted by atomic mass is 10.1. The third-order valence-electron chi connectivity index (χ3n) is 2.44. The normalized spacial score (nSPS) is 12.6. The Labute approximate surface area is 133 Å². The molecule has 0 aliphatic heterocycles. The van der Waals surface area contributed by atoms with Gasteiger partial charge in [-0.1, -0.05) is 28.1 Å². The van der Waals surface area contributed by atoms with Crippen molar-refractivity contribution in [1.82, 2.24) is 10.9 Å². The van der Waals surface area contributed by atoms with Crippen LogP contribution in [0.3, 0.4) is 0 Å². The highest BCUT2D eigenvalue weighted by molar-refractivity contribution is 9.10. The van der Waals surface area contributed by atoms with Crippen LogP contribution in [0.2, 0.25) is 0 Å². The molecule has 0 saturated carbocycles. The first-order valence-electron chi connectivity index (χ1n) is 6.67. The number of ether oxygens (including phenoxy) is 1. The van der Waals surface area contributed by atoms with E-state index in [-0.39, 0.29) is 5.91 Å². The minimum Gasteiger partial charge on any atom is -0.459 e. The molecule has 1 amide bonds. The minimum absolute atomic E-state index is 0.266. The molecule has 0 bridgehead atoms. The molecule has 0 radical (unpaired) electrons. The van der Waals surface area contributed by atoms with Crippen molar-refractivity contribution in [2.45, 2.75) is 45.8 Å². The fourth-order valence-corrected chi connectivity index (χ4v) is 2.10. The molecule has 1 aromatic carbocycles.